The maximum Gasteiger partial charge on any atom is 0.243 e. The summed E-state index contributed by atoms with van der Waals surface area (Å²) in [5, 5.41) is 3.85. The Morgan fingerprint density at radius 1 is 1.04 bits per heavy atom. The summed E-state index contributed by atoms with van der Waals surface area (Å²) in [6.07, 6.45) is 1.53. The van der Waals surface area contributed by atoms with Gasteiger partial charge in [-0.05, 0) is 36.4 Å². The number of hydrogen-bond donors (Lipinski definition) is 1. The van der Waals surface area contributed by atoms with Gasteiger partial charge in [0.15, 0.2) is 0 Å². The number of rotatable bonds is 4. The highest BCUT2D eigenvalue weighted by Gasteiger charge is 2.26. The summed E-state index contributed by atoms with van der Waals surface area (Å²) in [5.74, 6) is -0.386. The third kappa shape index (κ3) is 3.51. The van der Waals surface area contributed by atoms with Gasteiger partial charge in [-0.25, -0.2) is 12.8 Å². The number of hydrogen-bond acceptors (Lipinski definition) is 5. The topological polar surface area (TPSA) is 71.5 Å². The predicted molar refractivity (Wildman–Crippen MR) is 101 cm³/mol. The van der Waals surface area contributed by atoms with Crippen molar-refractivity contribution in [3.05, 3.63) is 60.5 Å². The lowest BCUT2D eigenvalue weighted by molar-refractivity contribution is 0.0730. The van der Waals surface area contributed by atoms with E-state index < -0.39 is 10.0 Å². The Morgan fingerprint density at radius 3 is 2.52 bits per heavy atom. The largest absolute Gasteiger partial charge is 0.379 e. The zero-order chi connectivity index (χ0) is 18.9. The van der Waals surface area contributed by atoms with Gasteiger partial charge in [0.05, 0.1) is 18.1 Å². The monoisotopic (exact) mass is 387 g/mol. The van der Waals surface area contributed by atoms with Crippen molar-refractivity contribution in [2.45, 2.75) is 4.90 Å². The Bertz CT molecular complexity index is 1070. The highest BCUT2D eigenvalue weighted by molar-refractivity contribution is 7.89. The van der Waals surface area contributed by atoms with E-state index in [-0.39, 0.29) is 16.2 Å². The van der Waals surface area contributed by atoms with Gasteiger partial charge in [-0.15, -0.1) is 0 Å². The smallest absolute Gasteiger partial charge is 0.243 e. The van der Waals surface area contributed by atoms with Gasteiger partial charge in [0.2, 0.25) is 10.0 Å². The molecular formula is C19H18FN3O3S. The lowest BCUT2D eigenvalue weighted by Crippen LogP contribution is -2.40. The summed E-state index contributed by atoms with van der Waals surface area (Å²) in [5.41, 5.74) is 1.69. The third-order valence-electron chi connectivity index (χ3n) is 4.46. The maximum atomic E-state index is 13.9. The minimum Gasteiger partial charge on any atom is -0.379 e. The average molecular weight is 387 g/mol. The van der Waals surface area contributed by atoms with E-state index in [0.29, 0.717) is 43.1 Å². The second-order valence-corrected chi connectivity index (χ2v) is 8.10. The van der Waals surface area contributed by atoms with E-state index in [0.717, 1.165) is 0 Å². The van der Waals surface area contributed by atoms with Gasteiger partial charge in [-0.2, -0.15) is 4.31 Å². The van der Waals surface area contributed by atoms with E-state index in [4.69, 9.17) is 4.74 Å². The van der Waals surface area contributed by atoms with E-state index in [9.17, 15) is 12.8 Å². The highest BCUT2D eigenvalue weighted by atomic mass is 32.2. The quantitative estimate of drug-likeness (QED) is 0.745. The molecule has 0 amide bonds. The number of para-hydroxylation sites is 1. The van der Waals surface area contributed by atoms with Crippen molar-refractivity contribution >= 4 is 32.3 Å². The molecule has 0 aliphatic carbocycles. The van der Waals surface area contributed by atoms with Crippen LogP contribution in [0.25, 0.3) is 10.9 Å². The Morgan fingerprint density at radius 2 is 1.78 bits per heavy atom. The maximum absolute atomic E-state index is 13.9. The van der Waals surface area contributed by atoms with Crippen LogP contribution in [0.5, 0.6) is 0 Å². The zero-order valence-corrected chi connectivity index (χ0v) is 15.2. The van der Waals surface area contributed by atoms with Gasteiger partial charge in [-0.1, -0.05) is 12.1 Å². The van der Waals surface area contributed by atoms with Crippen molar-refractivity contribution in [1.82, 2.24) is 9.29 Å². The van der Waals surface area contributed by atoms with Crippen LogP contribution in [0, 0.1) is 5.82 Å². The van der Waals surface area contributed by atoms with E-state index in [1.165, 1.54) is 16.6 Å². The van der Waals surface area contributed by atoms with Crippen molar-refractivity contribution < 1.29 is 17.5 Å². The molecule has 4 rings (SSSR count). The molecule has 8 heteroatoms. The van der Waals surface area contributed by atoms with Crippen LogP contribution < -0.4 is 5.32 Å². The highest BCUT2D eigenvalue weighted by Crippen LogP contribution is 2.27. The van der Waals surface area contributed by atoms with Crippen LogP contribution in [0.3, 0.4) is 0 Å². The number of benzene rings is 2. The summed E-state index contributed by atoms with van der Waals surface area (Å²) in [6.45, 7) is 1.53. The first-order valence-electron chi connectivity index (χ1n) is 8.54. The Balaban J connectivity index is 1.59. The fourth-order valence-corrected chi connectivity index (χ4v) is 4.46. The van der Waals surface area contributed by atoms with E-state index in [1.807, 2.05) is 0 Å². The second-order valence-electron chi connectivity index (χ2n) is 6.16. The summed E-state index contributed by atoms with van der Waals surface area (Å²) in [4.78, 5) is 4.31. The number of ether oxygens (including phenoxy) is 1. The Hall–Kier alpha value is -2.55. The van der Waals surface area contributed by atoms with E-state index >= 15 is 0 Å². The number of aromatic nitrogens is 1. The Labute approximate surface area is 156 Å². The fourth-order valence-electron chi connectivity index (χ4n) is 3.05. The standard InChI is InChI=1S/C19H18FN3O3S/c20-17-3-1-2-16-18(8-9-21-19(16)17)22-14-4-6-15(7-5-14)27(24,25)23-10-12-26-13-11-23/h1-9H,10-13H2,(H,21,22). The first-order valence-corrected chi connectivity index (χ1v) is 9.98. The molecular weight excluding hydrogens is 369 g/mol. The first kappa shape index (κ1) is 17.8. The van der Waals surface area contributed by atoms with Crippen LogP contribution in [0.15, 0.2) is 59.6 Å². The molecule has 1 aliphatic rings. The number of anilines is 2. The molecule has 1 N–H and O–H groups in total. The van der Waals surface area contributed by atoms with Crippen molar-refractivity contribution in [3.63, 3.8) is 0 Å². The number of nitrogens with one attached hydrogen (secondary N) is 1. The molecule has 1 fully saturated rings. The minimum absolute atomic E-state index is 0.237. The van der Waals surface area contributed by atoms with Crippen LogP contribution in [-0.4, -0.2) is 44.0 Å². The number of pyridine rings is 1. The van der Waals surface area contributed by atoms with Gasteiger partial charge in [0.25, 0.3) is 0 Å². The summed E-state index contributed by atoms with van der Waals surface area (Å²) >= 11 is 0. The van der Waals surface area contributed by atoms with Gasteiger partial charge >= 0.3 is 0 Å². The van der Waals surface area contributed by atoms with Crippen LogP contribution in [0.4, 0.5) is 15.8 Å². The van der Waals surface area contributed by atoms with Crippen molar-refractivity contribution in [3.8, 4) is 0 Å². The van der Waals surface area contributed by atoms with Crippen LogP contribution in [0.2, 0.25) is 0 Å². The summed E-state index contributed by atoms with van der Waals surface area (Å²) < 4.78 is 45.9. The second kappa shape index (κ2) is 7.22. The van der Waals surface area contributed by atoms with Crippen molar-refractivity contribution in [2.24, 2.45) is 0 Å². The molecule has 6 nitrogen and oxygen atoms in total. The number of fused-ring (bicyclic) bond motifs is 1. The number of nitrogens with zero attached hydrogens (tertiary/aromatic N) is 2. The predicted octanol–water partition coefficient (Wildman–Crippen LogP) is 3.14. The van der Waals surface area contributed by atoms with Crippen molar-refractivity contribution in [1.29, 1.82) is 0 Å². The normalized spacial score (nSPS) is 15.7. The molecule has 2 aromatic carbocycles. The average Bonchev–Trinajstić information content (AvgIpc) is 2.70. The molecule has 27 heavy (non-hydrogen) atoms. The van der Waals surface area contributed by atoms with Gasteiger partial charge in [0.1, 0.15) is 11.3 Å². The molecule has 140 valence electrons. The minimum atomic E-state index is -3.53. The molecule has 0 spiro atoms. The molecule has 1 saturated heterocycles. The first-order chi connectivity index (χ1) is 13.1. The molecule has 0 bridgehead atoms. The lowest BCUT2D eigenvalue weighted by atomic mass is 10.1. The van der Waals surface area contributed by atoms with Gasteiger partial charge < -0.3 is 10.1 Å². The molecule has 3 aromatic rings. The number of halogens is 1. The molecule has 1 aliphatic heterocycles. The lowest BCUT2D eigenvalue weighted by Gasteiger charge is -2.26. The fraction of sp³-hybridized carbons (Fsp3) is 0.211. The molecule has 0 unspecified atom stereocenters. The molecule has 2 heterocycles. The summed E-state index contributed by atoms with van der Waals surface area (Å²) in [6, 6.07) is 13.0. The van der Waals surface area contributed by atoms with Gasteiger partial charge in [0, 0.05) is 36.0 Å². The van der Waals surface area contributed by atoms with Crippen LogP contribution >= 0.6 is 0 Å². The van der Waals surface area contributed by atoms with Gasteiger partial charge in [-0.3, -0.25) is 4.98 Å². The molecule has 0 radical (unpaired) electrons. The Kier molecular flexibility index (Phi) is 4.77. The van der Waals surface area contributed by atoms with E-state index in [2.05, 4.69) is 10.3 Å². The number of morpholine rings is 1. The zero-order valence-electron chi connectivity index (χ0n) is 14.4. The van der Waals surface area contributed by atoms with Crippen LogP contribution in [0.1, 0.15) is 0 Å². The molecule has 0 atom stereocenters. The molecule has 0 saturated carbocycles. The molecule has 1 aromatic heterocycles. The third-order valence-corrected chi connectivity index (χ3v) is 6.38. The summed E-state index contributed by atoms with van der Waals surface area (Å²) in [7, 11) is -3.53. The van der Waals surface area contributed by atoms with Crippen LogP contribution in [-0.2, 0) is 14.8 Å². The van der Waals surface area contributed by atoms with Crippen molar-refractivity contribution in [2.75, 3.05) is 31.6 Å². The van der Waals surface area contributed by atoms with E-state index in [1.54, 1.807) is 42.5 Å². The number of sulfonamides is 1. The SMILES string of the molecule is O=S(=O)(c1ccc(Nc2ccnc3c(F)cccc23)cc1)N1CCOCC1.